The van der Waals surface area contributed by atoms with Crippen LogP contribution in [0.5, 0.6) is 0 Å². The van der Waals surface area contributed by atoms with Crippen LogP contribution in [0.1, 0.15) is 29.3 Å². The second-order valence-electron chi connectivity index (χ2n) is 5.80. The maximum absolute atomic E-state index is 12.6. The Morgan fingerprint density at radius 3 is 2.68 bits per heavy atom. The molecule has 0 aliphatic heterocycles. The van der Waals surface area contributed by atoms with Crippen molar-refractivity contribution < 1.29 is 13.5 Å². The number of nitrogens with one attached hydrogen (secondary N) is 1. The molecule has 1 atom stereocenters. The quantitative estimate of drug-likeness (QED) is 0.865. The van der Waals surface area contributed by atoms with Crippen molar-refractivity contribution in [1.29, 1.82) is 0 Å². The van der Waals surface area contributed by atoms with Crippen LogP contribution in [0.2, 0.25) is 0 Å². The summed E-state index contributed by atoms with van der Waals surface area (Å²) in [6, 6.07) is 3.06. The van der Waals surface area contributed by atoms with Crippen molar-refractivity contribution in [3.05, 3.63) is 35.0 Å². The van der Waals surface area contributed by atoms with Crippen LogP contribution in [-0.2, 0) is 17.1 Å². The van der Waals surface area contributed by atoms with Gasteiger partial charge in [0.25, 0.3) is 10.0 Å². The number of aliphatic hydroxyl groups is 1. The van der Waals surface area contributed by atoms with Crippen LogP contribution in [0.25, 0.3) is 0 Å². The molecule has 0 amide bonds. The van der Waals surface area contributed by atoms with Crippen LogP contribution in [0, 0.1) is 12.8 Å². The Bertz CT molecular complexity index is 760. The number of aromatic nitrogens is 2. The largest absolute Gasteiger partial charge is 0.393 e. The van der Waals surface area contributed by atoms with Gasteiger partial charge in [-0.1, -0.05) is 0 Å². The van der Waals surface area contributed by atoms with Crippen LogP contribution in [0.3, 0.4) is 0 Å². The molecular formula is C14H19N3O3S2. The summed E-state index contributed by atoms with van der Waals surface area (Å²) in [5.41, 5.74) is 0.830. The zero-order chi connectivity index (χ0) is 15.9. The predicted molar refractivity (Wildman–Crippen MR) is 84.1 cm³/mol. The van der Waals surface area contributed by atoms with Crippen molar-refractivity contribution in [3.63, 3.8) is 0 Å². The zero-order valence-corrected chi connectivity index (χ0v) is 14.1. The first-order chi connectivity index (χ1) is 10.3. The first kappa shape index (κ1) is 15.7. The van der Waals surface area contributed by atoms with Gasteiger partial charge in [0, 0.05) is 23.7 Å². The third kappa shape index (κ3) is 3.10. The van der Waals surface area contributed by atoms with E-state index in [2.05, 4.69) is 9.82 Å². The van der Waals surface area contributed by atoms with Crippen LogP contribution >= 0.6 is 11.3 Å². The number of rotatable bonds is 5. The van der Waals surface area contributed by atoms with Gasteiger partial charge in [-0.05, 0) is 37.8 Å². The Labute approximate surface area is 133 Å². The van der Waals surface area contributed by atoms with Crippen LogP contribution in [0.4, 0.5) is 0 Å². The van der Waals surface area contributed by atoms with E-state index in [9.17, 15) is 13.5 Å². The molecule has 0 radical (unpaired) electrons. The van der Waals surface area contributed by atoms with Crippen LogP contribution in [-0.4, -0.2) is 29.4 Å². The van der Waals surface area contributed by atoms with Gasteiger partial charge in [0.2, 0.25) is 0 Å². The van der Waals surface area contributed by atoms with E-state index in [0.717, 1.165) is 10.4 Å². The molecule has 0 unspecified atom stereocenters. The highest BCUT2D eigenvalue weighted by Gasteiger charge is 2.38. The minimum absolute atomic E-state index is 0.0926. The van der Waals surface area contributed by atoms with Crippen LogP contribution < -0.4 is 4.72 Å². The van der Waals surface area contributed by atoms with E-state index >= 15 is 0 Å². The average Bonchev–Trinajstić information content (AvgIpc) is 3.02. The summed E-state index contributed by atoms with van der Waals surface area (Å²) >= 11 is 1.25. The molecule has 3 rings (SSSR count). The van der Waals surface area contributed by atoms with Gasteiger partial charge in [-0.3, -0.25) is 4.68 Å². The number of nitrogens with zero attached hydrogens (tertiary/aromatic N) is 2. The Hall–Kier alpha value is -1.22. The van der Waals surface area contributed by atoms with Crippen LogP contribution in [0.15, 0.2) is 28.7 Å². The molecule has 8 heteroatoms. The SMILES string of the molecule is Cc1ccc(S(=O)(=O)N[C@@H](c2cnn(C)c2)C2CC(O)C2)s1. The molecule has 1 aliphatic carbocycles. The number of hydrogen-bond acceptors (Lipinski definition) is 5. The molecule has 0 bridgehead atoms. The fourth-order valence-corrected chi connectivity index (χ4v) is 5.31. The summed E-state index contributed by atoms with van der Waals surface area (Å²) in [6.07, 6.45) is 4.37. The minimum atomic E-state index is -3.57. The summed E-state index contributed by atoms with van der Waals surface area (Å²) in [5.74, 6) is 0.0926. The highest BCUT2D eigenvalue weighted by molar-refractivity contribution is 7.91. The number of aryl methyl sites for hydroxylation is 2. The number of sulfonamides is 1. The molecule has 1 fully saturated rings. The molecule has 2 aromatic rings. The van der Waals surface area contributed by atoms with Gasteiger partial charge in [0.05, 0.1) is 18.3 Å². The third-order valence-electron chi connectivity index (χ3n) is 3.97. The molecule has 22 heavy (non-hydrogen) atoms. The highest BCUT2D eigenvalue weighted by atomic mass is 32.2. The summed E-state index contributed by atoms with van der Waals surface area (Å²) in [7, 11) is -1.77. The van der Waals surface area contributed by atoms with E-state index in [1.54, 1.807) is 30.1 Å². The van der Waals surface area contributed by atoms with Crippen molar-refractivity contribution in [1.82, 2.24) is 14.5 Å². The van der Waals surface area contributed by atoms with Crippen molar-refractivity contribution in [2.75, 3.05) is 0 Å². The lowest BCUT2D eigenvalue weighted by Gasteiger charge is -2.37. The monoisotopic (exact) mass is 341 g/mol. The normalized spacial score (nSPS) is 23.2. The fourth-order valence-electron chi connectivity index (χ4n) is 2.72. The smallest absolute Gasteiger partial charge is 0.250 e. The van der Waals surface area contributed by atoms with E-state index in [0.29, 0.717) is 17.1 Å². The van der Waals surface area contributed by atoms with E-state index in [1.807, 2.05) is 13.1 Å². The topological polar surface area (TPSA) is 84.2 Å². The van der Waals surface area contributed by atoms with Gasteiger partial charge in [-0.15, -0.1) is 11.3 Å². The second kappa shape index (κ2) is 5.77. The average molecular weight is 341 g/mol. The molecule has 1 saturated carbocycles. The Morgan fingerprint density at radius 1 is 1.45 bits per heavy atom. The lowest BCUT2D eigenvalue weighted by Crippen LogP contribution is -2.41. The van der Waals surface area contributed by atoms with Gasteiger partial charge in [0.1, 0.15) is 4.21 Å². The Kier molecular flexibility index (Phi) is 4.11. The molecule has 120 valence electrons. The molecule has 6 nitrogen and oxygen atoms in total. The molecule has 0 saturated heterocycles. The Balaban J connectivity index is 1.87. The molecule has 0 spiro atoms. The highest BCUT2D eigenvalue weighted by Crippen LogP contribution is 2.39. The second-order valence-corrected chi connectivity index (χ2v) is 9.03. The van der Waals surface area contributed by atoms with E-state index in [-0.39, 0.29) is 18.1 Å². The molecule has 2 N–H and O–H groups in total. The first-order valence-electron chi connectivity index (χ1n) is 7.10. The number of aliphatic hydroxyl groups excluding tert-OH is 1. The standard InChI is InChI=1S/C14H19N3O3S2/c1-9-3-4-13(21-9)22(19,20)16-14(10-5-12(18)6-10)11-7-15-17(2)8-11/h3-4,7-8,10,12,14,16,18H,5-6H2,1-2H3/t10?,12?,14-/m1/s1. The lowest BCUT2D eigenvalue weighted by atomic mass is 9.76. The number of thiophene rings is 1. The van der Waals surface area contributed by atoms with Crippen molar-refractivity contribution in [2.45, 2.75) is 36.1 Å². The predicted octanol–water partition coefficient (Wildman–Crippen LogP) is 1.58. The van der Waals surface area contributed by atoms with Gasteiger partial charge in [-0.25, -0.2) is 13.1 Å². The summed E-state index contributed by atoms with van der Waals surface area (Å²) < 4.78 is 29.9. The molecule has 2 heterocycles. The molecular weight excluding hydrogens is 322 g/mol. The molecule has 1 aliphatic rings. The van der Waals surface area contributed by atoms with E-state index in [4.69, 9.17) is 0 Å². The summed E-state index contributed by atoms with van der Waals surface area (Å²) in [6.45, 7) is 1.88. The zero-order valence-electron chi connectivity index (χ0n) is 12.4. The van der Waals surface area contributed by atoms with Gasteiger partial charge < -0.3 is 5.11 Å². The fraction of sp³-hybridized carbons (Fsp3) is 0.500. The van der Waals surface area contributed by atoms with Crippen molar-refractivity contribution in [3.8, 4) is 0 Å². The van der Waals surface area contributed by atoms with Gasteiger partial charge in [0.15, 0.2) is 0 Å². The third-order valence-corrected chi connectivity index (χ3v) is 6.90. The molecule has 2 aromatic heterocycles. The van der Waals surface area contributed by atoms with Gasteiger partial charge in [-0.2, -0.15) is 5.10 Å². The van der Waals surface area contributed by atoms with E-state index < -0.39 is 10.0 Å². The molecule has 0 aromatic carbocycles. The number of hydrogen-bond donors (Lipinski definition) is 2. The summed E-state index contributed by atoms with van der Waals surface area (Å²) in [5, 5.41) is 13.7. The first-order valence-corrected chi connectivity index (χ1v) is 9.40. The van der Waals surface area contributed by atoms with Gasteiger partial charge >= 0.3 is 0 Å². The maximum atomic E-state index is 12.6. The summed E-state index contributed by atoms with van der Waals surface area (Å²) in [4.78, 5) is 0.956. The lowest BCUT2D eigenvalue weighted by molar-refractivity contribution is 0.0280. The maximum Gasteiger partial charge on any atom is 0.250 e. The minimum Gasteiger partial charge on any atom is -0.393 e. The van der Waals surface area contributed by atoms with Crippen molar-refractivity contribution in [2.24, 2.45) is 13.0 Å². The van der Waals surface area contributed by atoms with Crippen molar-refractivity contribution >= 4 is 21.4 Å². The Morgan fingerprint density at radius 2 is 2.18 bits per heavy atom. The van der Waals surface area contributed by atoms with E-state index in [1.165, 1.54) is 11.3 Å².